The first kappa shape index (κ1) is 13.4. The fourth-order valence-electron chi connectivity index (χ4n) is 2.30. The first-order valence-electron chi connectivity index (χ1n) is 6.99. The highest BCUT2D eigenvalue weighted by Gasteiger charge is 2.16. The molecule has 2 aromatic carbocycles. The van der Waals surface area contributed by atoms with E-state index in [1.165, 1.54) is 0 Å². The number of ether oxygens (including phenoxy) is 2. The summed E-state index contributed by atoms with van der Waals surface area (Å²) < 4.78 is 10.9. The zero-order valence-corrected chi connectivity index (χ0v) is 11.8. The third-order valence-electron chi connectivity index (χ3n) is 3.37. The van der Waals surface area contributed by atoms with Gasteiger partial charge in [0.15, 0.2) is 0 Å². The molecular formula is C18H16O3. The molecule has 0 fully saturated rings. The highest BCUT2D eigenvalue weighted by molar-refractivity contribution is 5.89. The van der Waals surface area contributed by atoms with E-state index in [-0.39, 0.29) is 12.1 Å². The maximum atomic E-state index is 11.6. The fraction of sp³-hybridized carbons (Fsp3) is 0.167. The van der Waals surface area contributed by atoms with Crippen LogP contribution in [0.2, 0.25) is 0 Å². The van der Waals surface area contributed by atoms with Gasteiger partial charge in [0.25, 0.3) is 0 Å². The van der Waals surface area contributed by atoms with E-state index in [4.69, 9.17) is 9.47 Å². The molecule has 21 heavy (non-hydrogen) atoms. The van der Waals surface area contributed by atoms with Crippen LogP contribution in [0.4, 0.5) is 0 Å². The third-order valence-corrected chi connectivity index (χ3v) is 3.37. The van der Waals surface area contributed by atoms with E-state index >= 15 is 0 Å². The number of hydrogen-bond acceptors (Lipinski definition) is 3. The van der Waals surface area contributed by atoms with Crippen molar-refractivity contribution < 1.29 is 14.3 Å². The lowest BCUT2D eigenvalue weighted by Gasteiger charge is -2.21. The molecule has 3 heteroatoms. The van der Waals surface area contributed by atoms with E-state index in [1.54, 1.807) is 19.1 Å². The second kappa shape index (κ2) is 5.83. The molecule has 0 saturated heterocycles. The molecule has 1 atom stereocenters. The Morgan fingerprint density at radius 2 is 1.90 bits per heavy atom. The van der Waals surface area contributed by atoms with Crippen molar-refractivity contribution in [2.75, 3.05) is 6.61 Å². The summed E-state index contributed by atoms with van der Waals surface area (Å²) in [4.78, 5) is 11.6. The van der Waals surface area contributed by atoms with Crippen LogP contribution in [0.25, 0.3) is 6.08 Å². The summed E-state index contributed by atoms with van der Waals surface area (Å²) in [7, 11) is 0. The van der Waals surface area contributed by atoms with E-state index in [0.717, 1.165) is 16.9 Å². The summed E-state index contributed by atoms with van der Waals surface area (Å²) in [6.07, 6.45) is 3.95. The van der Waals surface area contributed by atoms with Crippen LogP contribution in [0.5, 0.6) is 5.75 Å². The minimum atomic E-state index is -0.297. The number of benzene rings is 2. The summed E-state index contributed by atoms with van der Waals surface area (Å²) >= 11 is 0. The Bertz CT molecular complexity index is 671. The van der Waals surface area contributed by atoms with Gasteiger partial charge in [0, 0.05) is 5.56 Å². The van der Waals surface area contributed by atoms with Gasteiger partial charge in [-0.2, -0.15) is 0 Å². The molecule has 0 N–H and O–H groups in total. The topological polar surface area (TPSA) is 35.5 Å². The molecule has 0 amide bonds. The Kier molecular flexibility index (Phi) is 3.73. The van der Waals surface area contributed by atoms with Gasteiger partial charge in [-0.15, -0.1) is 0 Å². The van der Waals surface area contributed by atoms with Gasteiger partial charge in [0.1, 0.15) is 11.9 Å². The second-order valence-corrected chi connectivity index (χ2v) is 4.78. The van der Waals surface area contributed by atoms with Gasteiger partial charge in [-0.25, -0.2) is 4.79 Å². The van der Waals surface area contributed by atoms with Gasteiger partial charge in [-0.3, -0.25) is 0 Å². The number of carbonyl (C=O) groups is 1. The van der Waals surface area contributed by atoms with Crippen LogP contribution in [0.1, 0.15) is 34.5 Å². The first-order chi connectivity index (χ1) is 10.3. The van der Waals surface area contributed by atoms with E-state index in [2.05, 4.69) is 6.08 Å². The van der Waals surface area contributed by atoms with Crippen LogP contribution in [0.3, 0.4) is 0 Å². The Morgan fingerprint density at radius 1 is 1.14 bits per heavy atom. The maximum Gasteiger partial charge on any atom is 0.338 e. The molecule has 0 bridgehead atoms. The molecule has 1 unspecified atom stereocenters. The fourth-order valence-corrected chi connectivity index (χ4v) is 2.30. The molecule has 1 aliphatic rings. The summed E-state index contributed by atoms with van der Waals surface area (Å²) in [5.74, 6) is 0.578. The molecule has 1 heterocycles. The van der Waals surface area contributed by atoms with Crippen molar-refractivity contribution in [3.63, 3.8) is 0 Å². The van der Waals surface area contributed by atoms with Crippen LogP contribution in [0, 0.1) is 0 Å². The van der Waals surface area contributed by atoms with E-state index < -0.39 is 0 Å². The number of esters is 1. The normalized spacial score (nSPS) is 16.0. The number of fused-ring (bicyclic) bond motifs is 1. The highest BCUT2D eigenvalue weighted by Crippen LogP contribution is 2.32. The predicted molar refractivity (Wildman–Crippen MR) is 81.2 cm³/mol. The zero-order valence-electron chi connectivity index (χ0n) is 11.8. The summed E-state index contributed by atoms with van der Waals surface area (Å²) in [6.45, 7) is 2.18. The maximum absolute atomic E-state index is 11.6. The van der Waals surface area contributed by atoms with Crippen LogP contribution in [-0.4, -0.2) is 12.6 Å². The van der Waals surface area contributed by atoms with E-state index in [1.807, 2.05) is 42.5 Å². The Balaban J connectivity index is 1.79. The number of carbonyl (C=O) groups excluding carboxylic acids is 1. The van der Waals surface area contributed by atoms with Crippen LogP contribution in [0.15, 0.2) is 54.6 Å². The first-order valence-corrected chi connectivity index (χ1v) is 6.99. The second-order valence-electron chi connectivity index (χ2n) is 4.78. The van der Waals surface area contributed by atoms with Gasteiger partial charge in [-0.05, 0) is 36.8 Å². The Morgan fingerprint density at radius 3 is 2.67 bits per heavy atom. The van der Waals surface area contributed by atoms with Crippen molar-refractivity contribution in [1.29, 1.82) is 0 Å². The highest BCUT2D eigenvalue weighted by atomic mass is 16.5. The predicted octanol–water partition coefficient (Wildman–Crippen LogP) is 4.01. The smallest absolute Gasteiger partial charge is 0.338 e. The van der Waals surface area contributed by atoms with Crippen molar-refractivity contribution in [3.05, 3.63) is 71.3 Å². The summed E-state index contributed by atoms with van der Waals surface area (Å²) in [5, 5.41) is 0. The van der Waals surface area contributed by atoms with Gasteiger partial charge >= 0.3 is 5.97 Å². The molecular weight excluding hydrogens is 264 g/mol. The van der Waals surface area contributed by atoms with Crippen LogP contribution in [-0.2, 0) is 4.74 Å². The standard InChI is InChI=1S/C18H16O3/c1-2-20-18(19)15-9-7-14(8-10-15)17-12-11-13-5-3-4-6-16(13)21-17/h3-12,17H,2H2,1H3. The summed E-state index contributed by atoms with van der Waals surface area (Å²) in [6, 6.07) is 15.3. The number of para-hydroxylation sites is 1. The van der Waals surface area contributed by atoms with E-state index in [0.29, 0.717) is 12.2 Å². The molecule has 106 valence electrons. The van der Waals surface area contributed by atoms with Gasteiger partial charge in [0.05, 0.1) is 12.2 Å². The van der Waals surface area contributed by atoms with Gasteiger partial charge in [0.2, 0.25) is 0 Å². The third kappa shape index (κ3) is 2.82. The zero-order chi connectivity index (χ0) is 14.7. The molecule has 3 rings (SSSR count). The molecule has 1 aliphatic heterocycles. The molecule has 2 aromatic rings. The van der Waals surface area contributed by atoms with Crippen molar-refractivity contribution in [1.82, 2.24) is 0 Å². The molecule has 0 radical (unpaired) electrons. The van der Waals surface area contributed by atoms with Crippen molar-refractivity contribution in [2.24, 2.45) is 0 Å². The Hall–Kier alpha value is -2.55. The number of rotatable bonds is 3. The lowest BCUT2D eigenvalue weighted by molar-refractivity contribution is 0.0526. The molecule has 0 saturated carbocycles. The monoisotopic (exact) mass is 280 g/mol. The quantitative estimate of drug-likeness (QED) is 0.797. The Labute approximate surface area is 123 Å². The average molecular weight is 280 g/mol. The van der Waals surface area contributed by atoms with Crippen molar-refractivity contribution in [2.45, 2.75) is 13.0 Å². The molecule has 0 aromatic heterocycles. The van der Waals surface area contributed by atoms with Crippen molar-refractivity contribution >= 4 is 12.0 Å². The van der Waals surface area contributed by atoms with Gasteiger partial charge in [-0.1, -0.05) is 36.4 Å². The van der Waals surface area contributed by atoms with E-state index in [9.17, 15) is 4.79 Å². The minimum Gasteiger partial charge on any atom is -0.481 e. The molecule has 0 aliphatic carbocycles. The number of hydrogen-bond donors (Lipinski definition) is 0. The lowest BCUT2D eigenvalue weighted by Crippen LogP contribution is -2.09. The van der Waals surface area contributed by atoms with Crippen LogP contribution < -0.4 is 4.74 Å². The molecule has 3 nitrogen and oxygen atoms in total. The largest absolute Gasteiger partial charge is 0.481 e. The summed E-state index contributed by atoms with van der Waals surface area (Å²) in [5.41, 5.74) is 2.64. The molecule has 0 spiro atoms. The SMILES string of the molecule is CCOC(=O)c1ccc(C2C=Cc3ccccc3O2)cc1. The minimum absolute atomic E-state index is 0.129. The van der Waals surface area contributed by atoms with Crippen LogP contribution >= 0.6 is 0 Å². The lowest BCUT2D eigenvalue weighted by atomic mass is 10.0. The average Bonchev–Trinajstić information content (AvgIpc) is 2.55. The van der Waals surface area contributed by atoms with Gasteiger partial charge < -0.3 is 9.47 Å². The van der Waals surface area contributed by atoms with Crippen molar-refractivity contribution in [3.8, 4) is 5.75 Å².